The second-order valence-corrected chi connectivity index (χ2v) is 6.77. The number of carbonyl (C=O) groups is 3. The predicted octanol–water partition coefficient (Wildman–Crippen LogP) is 4.14. The van der Waals surface area contributed by atoms with Crippen LogP contribution in [0, 0.1) is 0 Å². The molecule has 0 heterocycles. The van der Waals surface area contributed by atoms with Crippen molar-refractivity contribution in [2.45, 2.75) is 12.3 Å². The SMILES string of the molecule is CC(c1ccc(C(=O)O)cc1)(c1ccc(C(=O)O)cc1)c1ccc(C(=O)O)cc1. The summed E-state index contributed by atoms with van der Waals surface area (Å²) in [6, 6.07) is 19.3. The van der Waals surface area contributed by atoms with Crippen molar-refractivity contribution in [2.75, 3.05) is 0 Å². The van der Waals surface area contributed by atoms with Crippen molar-refractivity contribution >= 4 is 17.9 Å². The first-order valence-electron chi connectivity index (χ1n) is 8.75. The zero-order valence-corrected chi connectivity index (χ0v) is 15.5. The molecule has 3 aromatic carbocycles. The number of benzene rings is 3. The first-order chi connectivity index (χ1) is 13.7. The minimum Gasteiger partial charge on any atom is -0.478 e. The topological polar surface area (TPSA) is 112 Å². The van der Waals surface area contributed by atoms with Gasteiger partial charge in [0.05, 0.1) is 16.7 Å². The highest BCUT2D eigenvalue weighted by Crippen LogP contribution is 2.39. The van der Waals surface area contributed by atoms with Gasteiger partial charge in [-0.2, -0.15) is 0 Å². The lowest BCUT2D eigenvalue weighted by molar-refractivity contribution is 0.0686. The summed E-state index contributed by atoms with van der Waals surface area (Å²) in [5.74, 6) is -3.10. The number of carboxylic acid groups (broad SMARTS) is 3. The Morgan fingerprint density at radius 2 is 0.724 bits per heavy atom. The first kappa shape index (κ1) is 19.8. The van der Waals surface area contributed by atoms with Crippen LogP contribution in [-0.4, -0.2) is 33.2 Å². The van der Waals surface area contributed by atoms with Crippen molar-refractivity contribution in [3.8, 4) is 0 Å². The Morgan fingerprint density at radius 1 is 0.517 bits per heavy atom. The van der Waals surface area contributed by atoms with E-state index in [0.29, 0.717) is 0 Å². The van der Waals surface area contributed by atoms with E-state index in [1.54, 1.807) is 36.4 Å². The lowest BCUT2D eigenvalue weighted by atomic mass is 9.70. The third-order valence-corrected chi connectivity index (χ3v) is 5.13. The van der Waals surface area contributed by atoms with Crippen LogP contribution in [0.15, 0.2) is 72.8 Å². The molecule has 3 rings (SSSR count). The number of hydrogen-bond donors (Lipinski definition) is 3. The van der Waals surface area contributed by atoms with Crippen LogP contribution in [0.4, 0.5) is 0 Å². The second-order valence-electron chi connectivity index (χ2n) is 6.77. The Bertz CT molecular complexity index is 924. The molecule has 3 aromatic rings. The molecule has 29 heavy (non-hydrogen) atoms. The maximum atomic E-state index is 11.2. The van der Waals surface area contributed by atoms with E-state index < -0.39 is 23.3 Å². The summed E-state index contributed by atoms with van der Waals surface area (Å²) >= 11 is 0. The van der Waals surface area contributed by atoms with E-state index in [1.807, 2.05) is 6.92 Å². The zero-order chi connectivity index (χ0) is 21.2. The summed E-state index contributed by atoms with van der Waals surface area (Å²) in [5.41, 5.74) is 2.05. The fourth-order valence-corrected chi connectivity index (χ4v) is 3.34. The fraction of sp³-hybridized carbons (Fsp3) is 0.0870. The van der Waals surface area contributed by atoms with Crippen molar-refractivity contribution < 1.29 is 29.7 Å². The molecule has 6 nitrogen and oxygen atoms in total. The lowest BCUT2D eigenvalue weighted by Gasteiger charge is -2.32. The van der Waals surface area contributed by atoms with Gasteiger partial charge < -0.3 is 15.3 Å². The van der Waals surface area contributed by atoms with Gasteiger partial charge in [-0.1, -0.05) is 36.4 Å². The molecule has 0 bridgehead atoms. The smallest absolute Gasteiger partial charge is 0.335 e. The maximum absolute atomic E-state index is 11.2. The Balaban J connectivity index is 2.18. The molecular formula is C23H18O6. The Kier molecular flexibility index (Phi) is 5.19. The number of hydrogen-bond acceptors (Lipinski definition) is 3. The van der Waals surface area contributed by atoms with Crippen molar-refractivity contribution in [2.24, 2.45) is 0 Å². The minimum absolute atomic E-state index is 0.151. The van der Waals surface area contributed by atoms with Gasteiger partial charge in [-0.3, -0.25) is 0 Å². The quantitative estimate of drug-likeness (QED) is 0.546. The number of rotatable bonds is 6. The minimum atomic E-state index is -1.03. The van der Waals surface area contributed by atoms with E-state index in [9.17, 15) is 14.4 Å². The molecule has 0 fully saturated rings. The largest absolute Gasteiger partial charge is 0.478 e. The first-order valence-corrected chi connectivity index (χ1v) is 8.75. The summed E-state index contributed by atoms with van der Waals surface area (Å²) in [7, 11) is 0. The molecule has 0 radical (unpaired) electrons. The molecule has 0 atom stereocenters. The fourth-order valence-electron chi connectivity index (χ4n) is 3.34. The number of aromatic carboxylic acids is 3. The lowest BCUT2D eigenvalue weighted by Crippen LogP contribution is -2.25. The Labute approximate surface area is 166 Å². The summed E-state index contributed by atoms with van der Waals surface area (Å²) < 4.78 is 0. The Morgan fingerprint density at radius 3 is 0.897 bits per heavy atom. The molecule has 0 aliphatic carbocycles. The van der Waals surface area contributed by atoms with Gasteiger partial charge in [-0.05, 0) is 60.0 Å². The molecule has 0 aromatic heterocycles. The average molecular weight is 390 g/mol. The molecule has 0 saturated carbocycles. The van der Waals surface area contributed by atoms with Gasteiger partial charge in [0.2, 0.25) is 0 Å². The van der Waals surface area contributed by atoms with Crippen molar-refractivity contribution in [1.82, 2.24) is 0 Å². The maximum Gasteiger partial charge on any atom is 0.335 e. The highest BCUT2D eigenvalue weighted by molar-refractivity contribution is 5.89. The van der Waals surface area contributed by atoms with E-state index in [1.165, 1.54) is 36.4 Å². The van der Waals surface area contributed by atoms with E-state index in [4.69, 9.17) is 15.3 Å². The van der Waals surface area contributed by atoms with Gasteiger partial charge in [-0.15, -0.1) is 0 Å². The van der Waals surface area contributed by atoms with Gasteiger partial charge in [0.25, 0.3) is 0 Å². The molecular weight excluding hydrogens is 372 g/mol. The summed E-state index contributed by atoms with van der Waals surface area (Å²) in [4.78, 5) is 33.6. The van der Waals surface area contributed by atoms with Gasteiger partial charge in [0.15, 0.2) is 0 Å². The van der Waals surface area contributed by atoms with Crippen LogP contribution in [-0.2, 0) is 5.41 Å². The van der Waals surface area contributed by atoms with Crippen LogP contribution >= 0.6 is 0 Å². The normalized spacial score (nSPS) is 11.1. The third-order valence-electron chi connectivity index (χ3n) is 5.13. The van der Waals surface area contributed by atoms with Crippen LogP contribution in [0.1, 0.15) is 54.7 Å². The van der Waals surface area contributed by atoms with Gasteiger partial charge in [0, 0.05) is 5.41 Å². The van der Waals surface area contributed by atoms with Crippen LogP contribution in [0.2, 0.25) is 0 Å². The summed E-state index contributed by atoms with van der Waals surface area (Å²) in [6.45, 7) is 1.92. The molecule has 146 valence electrons. The Hall–Kier alpha value is -3.93. The second kappa shape index (κ2) is 7.59. The van der Waals surface area contributed by atoms with E-state index >= 15 is 0 Å². The van der Waals surface area contributed by atoms with Crippen molar-refractivity contribution in [3.63, 3.8) is 0 Å². The molecule has 0 amide bonds. The van der Waals surface area contributed by atoms with Crippen LogP contribution in [0.5, 0.6) is 0 Å². The van der Waals surface area contributed by atoms with Crippen LogP contribution < -0.4 is 0 Å². The van der Waals surface area contributed by atoms with E-state index in [0.717, 1.165) is 16.7 Å². The molecule has 0 aliphatic heterocycles. The third kappa shape index (κ3) is 3.73. The molecule has 6 heteroatoms. The van der Waals surface area contributed by atoms with Gasteiger partial charge in [-0.25, -0.2) is 14.4 Å². The van der Waals surface area contributed by atoms with Crippen LogP contribution in [0.25, 0.3) is 0 Å². The van der Waals surface area contributed by atoms with Crippen molar-refractivity contribution in [3.05, 3.63) is 106 Å². The summed E-state index contributed by atoms with van der Waals surface area (Å²) in [6.07, 6.45) is 0. The van der Waals surface area contributed by atoms with E-state index in [2.05, 4.69) is 0 Å². The molecule has 0 saturated heterocycles. The average Bonchev–Trinajstić information content (AvgIpc) is 2.73. The van der Waals surface area contributed by atoms with Gasteiger partial charge >= 0.3 is 17.9 Å². The standard InChI is InChI=1S/C23H18O6/c1-23(17-8-2-14(3-9-17)20(24)25,18-10-4-15(5-11-18)21(26)27)19-12-6-16(7-13-19)22(28)29/h2-13H,1H3,(H,24,25)(H,26,27)(H,28,29). The highest BCUT2D eigenvalue weighted by Gasteiger charge is 2.31. The predicted molar refractivity (Wildman–Crippen MR) is 106 cm³/mol. The monoisotopic (exact) mass is 390 g/mol. The van der Waals surface area contributed by atoms with Crippen LogP contribution in [0.3, 0.4) is 0 Å². The summed E-state index contributed by atoms with van der Waals surface area (Å²) in [5, 5.41) is 27.5. The van der Waals surface area contributed by atoms with E-state index in [-0.39, 0.29) is 16.7 Å². The molecule has 0 unspecified atom stereocenters. The zero-order valence-electron chi connectivity index (χ0n) is 15.5. The molecule has 3 N–H and O–H groups in total. The highest BCUT2D eigenvalue weighted by atomic mass is 16.4. The number of carboxylic acids is 3. The molecule has 0 aliphatic rings. The molecule has 0 spiro atoms. The van der Waals surface area contributed by atoms with Gasteiger partial charge in [0.1, 0.15) is 0 Å². The van der Waals surface area contributed by atoms with Crippen molar-refractivity contribution in [1.29, 1.82) is 0 Å².